The standard InChI is InChI=1S/C14H20N4O2S/c1-3-8-17-21(19,20)13-7-5-4-6-12(13)18-11(2)14-15-9-10-16-14/h4-7,9-11,17-18H,3,8H2,1-2H3,(H,15,16). The summed E-state index contributed by atoms with van der Waals surface area (Å²) >= 11 is 0. The van der Waals surface area contributed by atoms with Gasteiger partial charge in [0, 0.05) is 18.9 Å². The lowest BCUT2D eigenvalue weighted by Crippen LogP contribution is -2.25. The van der Waals surface area contributed by atoms with Crippen molar-refractivity contribution in [3.8, 4) is 0 Å². The Bertz CT molecular complexity index is 668. The highest BCUT2D eigenvalue weighted by molar-refractivity contribution is 7.89. The molecule has 0 fully saturated rings. The number of imidazole rings is 1. The first-order valence-electron chi connectivity index (χ1n) is 6.89. The van der Waals surface area contributed by atoms with Gasteiger partial charge in [-0.05, 0) is 25.5 Å². The zero-order chi connectivity index (χ0) is 15.3. The molecule has 2 rings (SSSR count). The maximum absolute atomic E-state index is 12.3. The van der Waals surface area contributed by atoms with Crippen LogP contribution in [0.3, 0.4) is 0 Å². The highest BCUT2D eigenvalue weighted by Gasteiger charge is 2.19. The molecular weight excluding hydrogens is 288 g/mol. The second-order valence-corrected chi connectivity index (χ2v) is 6.47. The molecule has 0 saturated carbocycles. The van der Waals surface area contributed by atoms with E-state index in [1.165, 1.54) is 0 Å². The molecular formula is C14H20N4O2S. The van der Waals surface area contributed by atoms with Gasteiger partial charge in [-0.25, -0.2) is 18.1 Å². The summed E-state index contributed by atoms with van der Waals surface area (Å²) in [4.78, 5) is 7.43. The van der Waals surface area contributed by atoms with Gasteiger partial charge in [0.05, 0.1) is 11.7 Å². The van der Waals surface area contributed by atoms with Crippen LogP contribution in [0.25, 0.3) is 0 Å². The third kappa shape index (κ3) is 3.83. The van der Waals surface area contributed by atoms with Gasteiger partial charge >= 0.3 is 0 Å². The van der Waals surface area contributed by atoms with E-state index in [2.05, 4.69) is 20.0 Å². The van der Waals surface area contributed by atoms with E-state index in [9.17, 15) is 8.42 Å². The van der Waals surface area contributed by atoms with Crippen molar-refractivity contribution in [1.29, 1.82) is 0 Å². The van der Waals surface area contributed by atoms with Crippen molar-refractivity contribution in [3.63, 3.8) is 0 Å². The van der Waals surface area contributed by atoms with Crippen LogP contribution in [0, 0.1) is 0 Å². The van der Waals surface area contributed by atoms with Crippen LogP contribution in [0.5, 0.6) is 0 Å². The fourth-order valence-electron chi connectivity index (χ4n) is 1.95. The number of benzene rings is 1. The number of nitrogens with one attached hydrogen (secondary N) is 3. The molecule has 0 saturated heterocycles. The number of aromatic nitrogens is 2. The number of nitrogens with zero attached hydrogens (tertiary/aromatic N) is 1. The monoisotopic (exact) mass is 308 g/mol. The Labute approximate surface area is 125 Å². The smallest absolute Gasteiger partial charge is 0.242 e. The average Bonchev–Trinajstić information content (AvgIpc) is 3.00. The third-order valence-electron chi connectivity index (χ3n) is 3.02. The van der Waals surface area contributed by atoms with Gasteiger partial charge in [-0.2, -0.15) is 0 Å². The van der Waals surface area contributed by atoms with Crippen molar-refractivity contribution in [2.24, 2.45) is 0 Å². The Morgan fingerprint density at radius 1 is 1.33 bits per heavy atom. The van der Waals surface area contributed by atoms with E-state index in [1.54, 1.807) is 36.7 Å². The molecule has 2 aromatic rings. The largest absolute Gasteiger partial charge is 0.374 e. The van der Waals surface area contributed by atoms with Crippen molar-refractivity contribution < 1.29 is 8.42 Å². The van der Waals surface area contributed by atoms with Gasteiger partial charge in [-0.3, -0.25) is 0 Å². The summed E-state index contributed by atoms with van der Waals surface area (Å²) in [7, 11) is -3.51. The van der Waals surface area contributed by atoms with Crippen molar-refractivity contribution in [2.45, 2.75) is 31.2 Å². The topological polar surface area (TPSA) is 86.9 Å². The van der Waals surface area contributed by atoms with Crippen LogP contribution in [0.2, 0.25) is 0 Å². The van der Waals surface area contributed by atoms with E-state index in [0.29, 0.717) is 12.2 Å². The second kappa shape index (κ2) is 6.73. The van der Waals surface area contributed by atoms with Crippen molar-refractivity contribution in [1.82, 2.24) is 14.7 Å². The molecule has 0 spiro atoms. The van der Waals surface area contributed by atoms with Crippen LogP contribution >= 0.6 is 0 Å². The van der Waals surface area contributed by atoms with Gasteiger partial charge < -0.3 is 10.3 Å². The Morgan fingerprint density at radius 3 is 2.76 bits per heavy atom. The highest BCUT2D eigenvalue weighted by Crippen LogP contribution is 2.24. The van der Waals surface area contributed by atoms with Crippen LogP contribution in [-0.2, 0) is 10.0 Å². The molecule has 0 aliphatic carbocycles. The first kappa shape index (κ1) is 15.5. The fraction of sp³-hybridized carbons (Fsp3) is 0.357. The van der Waals surface area contributed by atoms with E-state index in [4.69, 9.17) is 0 Å². The van der Waals surface area contributed by atoms with Crippen LogP contribution in [0.15, 0.2) is 41.6 Å². The summed E-state index contributed by atoms with van der Waals surface area (Å²) in [5.41, 5.74) is 0.560. The van der Waals surface area contributed by atoms with Crippen LogP contribution in [-0.4, -0.2) is 24.9 Å². The molecule has 1 unspecified atom stereocenters. The Balaban J connectivity index is 2.25. The second-order valence-electron chi connectivity index (χ2n) is 4.73. The summed E-state index contributed by atoms with van der Waals surface area (Å²) in [6.07, 6.45) is 4.15. The highest BCUT2D eigenvalue weighted by atomic mass is 32.2. The fourth-order valence-corrected chi connectivity index (χ4v) is 3.25. The molecule has 0 amide bonds. The lowest BCUT2D eigenvalue weighted by Gasteiger charge is -2.16. The molecule has 0 aliphatic heterocycles. The predicted octanol–water partition coefficient (Wildman–Crippen LogP) is 2.27. The number of H-pyrrole nitrogens is 1. The van der Waals surface area contributed by atoms with E-state index >= 15 is 0 Å². The quantitative estimate of drug-likeness (QED) is 0.732. The predicted molar refractivity (Wildman–Crippen MR) is 82.5 cm³/mol. The van der Waals surface area contributed by atoms with Gasteiger partial charge in [0.1, 0.15) is 10.7 Å². The number of hydrogen-bond donors (Lipinski definition) is 3. The molecule has 1 aromatic carbocycles. The minimum Gasteiger partial charge on any atom is -0.374 e. The maximum Gasteiger partial charge on any atom is 0.242 e. The summed E-state index contributed by atoms with van der Waals surface area (Å²) in [5, 5.41) is 3.18. The number of sulfonamides is 1. The molecule has 21 heavy (non-hydrogen) atoms. The molecule has 0 radical (unpaired) electrons. The molecule has 0 bridgehead atoms. The average molecular weight is 308 g/mol. The number of aromatic amines is 1. The zero-order valence-corrected chi connectivity index (χ0v) is 12.9. The Morgan fingerprint density at radius 2 is 2.10 bits per heavy atom. The van der Waals surface area contributed by atoms with Crippen molar-refractivity contribution >= 4 is 15.7 Å². The van der Waals surface area contributed by atoms with E-state index < -0.39 is 10.0 Å². The van der Waals surface area contributed by atoms with Gasteiger partial charge in [-0.15, -0.1) is 0 Å². The first-order chi connectivity index (χ1) is 10.0. The molecule has 1 atom stereocenters. The third-order valence-corrected chi connectivity index (χ3v) is 4.54. The molecule has 1 heterocycles. The van der Waals surface area contributed by atoms with Crippen molar-refractivity contribution in [2.75, 3.05) is 11.9 Å². The first-order valence-corrected chi connectivity index (χ1v) is 8.37. The van der Waals surface area contributed by atoms with Gasteiger partial charge in [0.15, 0.2) is 0 Å². The summed E-state index contributed by atoms with van der Waals surface area (Å²) in [5.74, 6) is 0.753. The molecule has 1 aromatic heterocycles. The lowest BCUT2D eigenvalue weighted by molar-refractivity contribution is 0.581. The van der Waals surface area contributed by atoms with Gasteiger partial charge in [0.25, 0.3) is 0 Å². The van der Waals surface area contributed by atoms with Crippen LogP contribution < -0.4 is 10.0 Å². The normalized spacial score (nSPS) is 13.0. The number of rotatable bonds is 7. The van der Waals surface area contributed by atoms with E-state index in [1.807, 2.05) is 13.8 Å². The Hall–Kier alpha value is -1.86. The van der Waals surface area contributed by atoms with Crippen molar-refractivity contribution in [3.05, 3.63) is 42.5 Å². The maximum atomic E-state index is 12.3. The van der Waals surface area contributed by atoms with Crippen LogP contribution in [0.4, 0.5) is 5.69 Å². The molecule has 114 valence electrons. The summed E-state index contributed by atoms with van der Waals surface area (Å²) in [6.45, 7) is 4.26. The zero-order valence-electron chi connectivity index (χ0n) is 12.1. The van der Waals surface area contributed by atoms with Gasteiger partial charge in [-0.1, -0.05) is 19.1 Å². The molecule has 0 aliphatic rings. The summed E-state index contributed by atoms with van der Waals surface area (Å²) in [6, 6.07) is 6.73. The lowest BCUT2D eigenvalue weighted by atomic mass is 10.2. The van der Waals surface area contributed by atoms with Crippen LogP contribution in [0.1, 0.15) is 32.1 Å². The minimum atomic E-state index is -3.51. The number of para-hydroxylation sites is 1. The SMILES string of the molecule is CCCNS(=O)(=O)c1ccccc1NC(C)c1ncc[nH]1. The van der Waals surface area contributed by atoms with E-state index in [-0.39, 0.29) is 10.9 Å². The Kier molecular flexibility index (Phi) is 4.98. The number of hydrogen-bond acceptors (Lipinski definition) is 4. The number of anilines is 1. The molecule has 6 nitrogen and oxygen atoms in total. The summed E-state index contributed by atoms with van der Waals surface area (Å²) < 4.78 is 27.2. The molecule has 7 heteroatoms. The minimum absolute atomic E-state index is 0.123. The van der Waals surface area contributed by atoms with Gasteiger partial charge in [0.2, 0.25) is 10.0 Å². The molecule has 3 N–H and O–H groups in total. The van der Waals surface area contributed by atoms with E-state index in [0.717, 1.165) is 12.2 Å².